The molecule has 3 nitrogen and oxygen atoms in total. The van der Waals surface area contributed by atoms with Crippen LogP contribution in [0.3, 0.4) is 0 Å². The van der Waals surface area contributed by atoms with Gasteiger partial charge < -0.3 is 9.84 Å². The first kappa shape index (κ1) is 14.5. The van der Waals surface area contributed by atoms with Gasteiger partial charge in [0.05, 0.1) is 0 Å². The van der Waals surface area contributed by atoms with Gasteiger partial charge in [-0.2, -0.15) is 0 Å². The van der Waals surface area contributed by atoms with Gasteiger partial charge in [-0.3, -0.25) is 0 Å². The zero-order chi connectivity index (χ0) is 13.0. The van der Waals surface area contributed by atoms with Crippen molar-refractivity contribution in [2.24, 2.45) is 23.7 Å². The Bertz CT molecular complexity index is 250. The number of aliphatic carboxylic acids is 1. The topological polar surface area (TPSA) is 46.5 Å². The molecule has 0 heterocycles. The maximum atomic E-state index is 11.3. The number of carboxylic acid groups (broad SMARTS) is 1. The van der Waals surface area contributed by atoms with Crippen LogP contribution in [0.1, 0.15) is 47.0 Å². The molecule has 0 aromatic carbocycles. The van der Waals surface area contributed by atoms with E-state index in [1.807, 2.05) is 6.92 Å². The van der Waals surface area contributed by atoms with Crippen LogP contribution in [0.25, 0.3) is 0 Å². The highest BCUT2D eigenvalue weighted by molar-refractivity contribution is 5.72. The first-order valence-electron chi connectivity index (χ1n) is 6.81. The van der Waals surface area contributed by atoms with Crippen LogP contribution in [-0.2, 0) is 9.53 Å². The summed E-state index contributed by atoms with van der Waals surface area (Å²) in [6.45, 7) is 8.95. The SMILES string of the molecule is CCOC(C(=O)O)C1CC(C)CCC1C(C)C. The van der Waals surface area contributed by atoms with Crippen molar-refractivity contribution in [3.05, 3.63) is 0 Å². The Labute approximate surface area is 105 Å². The van der Waals surface area contributed by atoms with Crippen molar-refractivity contribution in [3.63, 3.8) is 0 Å². The maximum Gasteiger partial charge on any atom is 0.333 e. The van der Waals surface area contributed by atoms with E-state index in [0.29, 0.717) is 24.4 Å². The number of hydrogen-bond acceptors (Lipinski definition) is 2. The number of rotatable bonds is 5. The van der Waals surface area contributed by atoms with Crippen LogP contribution in [0.15, 0.2) is 0 Å². The lowest BCUT2D eigenvalue weighted by atomic mass is 9.68. The molecule has 0 amide bonds. The summed E-state index contributed by atoms with van der Waals surface area (Å²) in [7, 11) is 0. The van der Waals surface area contributed by atoms with Crippen LogP contribution in [0.4, 0.5) is 0 Å². The molecule has 1 aliphatic rings. The van der Waals surface area contributed by atoms with Crippen LogP contribution in [-0.4, -0.2) is 23.8 Å². The van der Waals surface area contributed by atoms with Gasteiger partial charge in [-0.15, -0.1) is 0 Å². The smallest absolute Gasteiger partial charge is 0.333 e. The lowest BCUT2D eigenvalue weighted by molar-refractivity contribution is -0.158. The average Bonchev–Trinajstić information content (AvgIpc) is 2.24. The van der Waals surface area contributed by atoms with Gasteiger partial charge in [0, 0.05) is 6.61 Å². The van der Waals surface area contributed by atoms with Crippen molar-refractivity contribution < 1.29 is 14.6 Å². The molecule has 1 saturated carbocycles. The van der Waals surface area contributed by atoms with Crippen LogP contribution < -0.4 is 0 Å². The normalized spacial score (nSPS) is 31.5. The standard InChI is InChI=1S/C14H26O3/c1-5-17-13(14(15)16)12-8-10(4)6-7-11(12)9(2)3/h9-13H,5-8H2,1-4H3,(H,15,16). The van der Waals surface area contributed by atoms with E-state index in [4.69, 9.17) is 4.74 Å². The van der Waals surface area contributed by atoms with Crippen LogP contribution in [0, 0.1) is 23.7 Å². The second kappa shape index (κ2) is 6.39. The van der Waals surface area contributed by atoms with Gasteiger partial charge in [-0.1, -0.05) is 27.2 Å². The van der Waals surface area contributed by atoms with Crippen LogP contribution in [0.5, 0.6) is 0 Å². The summed E-state index contributed by atoms with van der Waals surface area (Å²) in [4.78, 5) is 11.3. The fraction of sp³-hybridized carbons (Fsp3) is 0.929. The Morgan fingerprint density at radius 2 is 2.00 bits per heavy atom. The van der Waals surface area contributed by atoms with Gasteiger partial charge in [0.2, 0.25) is 0 Å². The van der Waals surface area contributed by atoms with Crippen molar-refractivity contribution in [2.75, 3.05) is 6.61 Å². The zero-order valence-electron chi connectivity index (χ0n) is 11.5. The summed E-state index contributed by atoms with van der Waals surface area (Å²) in [6.07, 6.45) is 2.73. The lowest BCUT2D eigenvalue weighted by Gasteiger charge is -2.40. The third-order valence-electron chi connectivity index (χ3n) is 4.05. The summed E-state index contributed by atoms with van der Waals surface area (Å²) in [5, 5.41) is 9.32. The molecule has 1 aliphatic carbocycles. The maximum absolute atomic E-state index is 11.3. The minimum absolute atomic E-state index is 0.177. The van der Waals surface area contributed by atoms with Crippen molar-refractivity contribution in [2.45, 2.75) is 53.1 Å². The molecule has 0 aliphatic heterocycles. The molecule has 0 bridgehead atoms. The van der Waals surface area contributed by atoms with Crippen LogP contribution in [0.2, 0.25) is 0 Å². The molecule has 1 rings (SSSR count). The van der Waals surface area contributed by atoms with E-state index in [1.165, 1.54) is 6.42 Å². The summed E-state index contributed by atoms with van der Waals surface area (Å²) >= 11 is 0. The largest absolute Gasteiger partial charge is 0.479 e. The molecular weight excluding hydrogens is 216 g/mol. The zero-order valence-corrected chi connectivity index (χ0v) is 11.5. The first-order valence-corrected chi connectivity index (χ1v) is 6.81. The molecule has 17 heavy (non-hydrogen) atoms. The molecule has 1 fully saturated rings. The molecule has 100 valence electrons. The molecule has 0 aromatic heterocycles. The van der Waals surface area contributed by atoms with E-state index >= 15 is 0 Å². The summed E-state index contributed by atoms with van der Waals surface area (Å²) in [6, 6.07) is 0. The minimum Gasteiger partial charge on any atom is -0.479 e. The van der Waals surface area contributed by atoms with E-state index in [0.717, 1.165) is 12.8 Å². The number of carboxylic acids is 1. The highest BCUT2D eigenvalue weighted by Gasteiger charge is 2.39. The molecule has 0 aromatic rings. The van der Waals surface area contributed by atoms with E-state index in [-0.39, 0.29) is 5.92 Å². The first-order chi connectivity index (χ1) is 7.97. The van der Waals surface area contributed by atoms with Gasteiger partial charge in [-0.25, -0.2) is 4.79 Å². The Morgan fingerprint density at radius 3 is 2.47 bits per heavy atom. The van der Waals surface area contributed by atoms with Crippen molar-refractivity contribution in [3.8, 4) is 0 Å². The highest BCUT2D eigenvalue weighted by Crippen LogP contribution is 2.40. The lowest BCUT2D eigenvalue weighted by Crippen LogP contribution is -2.41. The quantitative estimate of drug-likeness (QED) is 0.805. The van der Waals surface area contributed by atoms with Crippen molar-refractivity contribution >= 4 is 5.97 Å². The van der Waals surface area contributed by atoms with E-state index in [9.17, 15) is 9.90 Å². The van der Waals surface area contributed by atoms with Gasteiger partial charge >= 0.3 is 5.97 Å². The fourth-order valence-electron chi connectivity index (χ4n) is 3.18. The Balaban J connectivity index is 2.82. The molecule has 4 unspecified atom stereocenters. The van der Waals surface area contributed by atoms with E-state index < -0.39 is 12.1 Å². The monoisotopic (exact) mass is 242 g/mol. The van der Waals surface area contributed by atoms with Gasteiger partial charge in [0.25, 0.3) is 0 Å². The molecule has 4 atom stereocenters. The van der Waals surface area contributed by atoms with Crippen molar-refractivity contribution in [1.82, 2.24) is 0 Å². The molecule has 3 heteroatoms. The van der Waals surface area contributed by atoms with Crippen molar-refractivity contribution in [1.29, 1.82) is 0 Å². The Morgan fingerprint density at radius 1 is 1.35 bits per heavy atom. The van der Waals surface area contributed by atoms with Crippen LogP contribution >= 0.6 is 0 Å². The fourth-order valence-corrected chi connectivity index (χ4v) is 3.18. The molecule has 1 N–H and O–H groups in total. The molecule has 0 spiro atoms. The van der Waals surface area contributed by atoms with Gasteiger partial charge in [0.1, 0.15) is 0 Å². The molecule has 0 radical (unpaired) electrons. The molecular formula is C14H26O3. The van der Waals surface area contributed by atoms with Gasteiger partial charge in [-0.05, 0) is 43.4 Å². The predicted octanol–water partition coefficient (Wildman–Crippen LogP) is 3.18. The number of hydrogen-bond donors (Lipinski definition) is 1. The highest BCUT2D eigenvalue weighted by atomic mass is 16.5. The number of ether oxygens (including phenoxy) is 1. The summed E-state index contributed by atoms with van der Waals surface area (Å²) in [5.74, 6) is 1.03. The van der Waals surface area contributed by atoms with E-state index in [2.05, 4.69) is 20.8 Å². The van der Waals surface area contributed by atoms with Gasteiger partial charge in [0.15, 0.2) is 6.10 Å². The number of carbonyl (C=O) groups is 1. The Hall–Kier alpha value is -0.570. The average molecular weight is 242 g/mol. The minimum atomic E-state index is -0.795. The Kier molecular flexibility index (Phi) is 5.44. The van der Waals surface area contributed by atoms with E-state index in [1.54, 1.807) is 0 Å². The summed E-state index contributed by atoms with van der Waals surface area (Å²) < 4.78 is 5.47. The summed E-state index contributed by atoms with van der Waals surface area (Å²) in [5.41, 5.74) is 0. The predicted molar refractivity (Wildman–Crippen MR) is 67.9 cm³/mol. The second-order valence-corrected chi connectivity index (χ2v) is 5.70. The third kappa shape index (κ3) is 3.70. The second-order valence-electron chi connectivity index (χ2n) is 5.70. The molecule has 0 saturated heterocycles. The third-order valence-corrected chi connectivity index (χ3v) is 4.05.